The third-order valence-electron chi connectivity index (χ3n) is 6.86. The van der Waals surface area contributed by atoms with Gasteiger partial charge >= 0.3 is 0 Å². The van der Waals surface area contributed by atoms with E-state index in [1.807, 2.05) is 0 Å². The number of ether oxygens (including phenoxy) is 3. The smallest absolute Gasteiger partial charge is 0.0866 e. The minimum Gasteiger partial charge on any atom is -0.390 e. The summed E-state index contributed by atoms with van der Waals surface area (Å²) in [5.41, 5.74) is 0. The number of rotatable bonds is 6. The zero-order valence-corrected chi connectivity index (χ0v) is 18.5. The lowest BCUT2D eigenvalue weighted by Crippen LogP contribution is -2.48. The van der Waals surface area contributed by atoms with Crippen molar-refractivity contribution in [2.24, 2.45) is 0 Å². The molecule has 6 atom stereocenters. The molecule has 3 saturated heterocycles. The zero-order valence-electron chi connectivity index (χ0n) is 16.5. The van der Waals surface area contributed by atoms with Gasteiger partial charge in [0.15, 0.2) is 0 Å². The second kappa shape index (κ2) is 5.89. The van der Waals surface area contributed by atoms with Gasteiger partial charge in [-0.1, -0.05) is 39.3 Å². The van der Waals surface area contributed by atoms with Gasteiger partial charge in [0.05, 0.1) is 51.0 Å². The molecule has 140 valence electrons. The lowest BCUT2D eigenvalue weighted by molar-refractivity contribution is -0.0791. The monoisotopic (exact) mass is 372 g/mol. The molecule has 0 saturated carbocycles. The first-order chi connectivity index (χ1) is 10.9. The topological polar surface area (TPSA) is 54.5 Å². The van der Waals surface area contributed by atoms with Gasteiger partial charge in [-0.3, -0.25) is 0 Å². The van der Waals surface area contributed by atoms with Gasteiger partial charge in [0.2, 0.25) is 0 Å². The third kappa shape index (κ3) is 3.18. The van der Waals surface area contributed by atoms with E-state index in [1.54, 1.807) is 0 Å². The summed E-state index contributed by atoms with van der Waals surface area (Å²) in [5.74, 6) is 0. The highest BCUT2D eigenvalue weighted by Crippen LogP contribution is 2.57. The van der Waals surface area contributed by atoms with Crippen molar-refractivity contribution in [2.45, 2.75) is 107 Å². The summed E-state index contributed by atoms with van der Waals surface area (Å²) in [7, 11) is -2.86. The maximum absolute atomic E-state index is 10.2. The summed E-state index contributed by atoms with van der Waals surface area (Å²) in [6.45, 7) is 17.5. The molecule has 0 unspecified atom stereocenters. The van der Waals surface area contributed by atoms with Crippen molar-refractivity contribution < 1.29 is 19.3 Å². The maximum atomic E-state index is 10.2. The second-order valence-corrected chi connectivity index (χ2v) is 21.1. The van der Waals surface area contributed by atoms with Crippen LogP contribution < -0.4 is 0 Å². The van der Waals surface area contributed by atoms with Crippen LogP contribution in [0.25, 0.3) is 0 Å². The Morgan fingerprint density at radius 2 is 1.67 bits per heavy atom. The lowest BCUT2D eigenvalue weighted by Gasteiger charge is -2.30. The van der Waals surface area contributed by atoms with Crippen LogP contribution in [0.1, 0.15) is 32.6 Å². The van der Waals surface area contributed by atoms with Crippen molar-refractivity contribution in [3.63, 3.8) is 0 Å². The number of aliphatic hydroxyl groups is 1. The highest BCUT2D eigenvalue weighted by atomic mass is 28.3. The van der Waals surface area contributed by atoms with Crippen LogP contribution in [0.4, 0.5) is 0 Å². The van der Waals surface area contributed by atoms with Gasteiger partial charge in [0, 0.05) is 19.4 Å². The van der Waals surface area contributed by atoms with E-state index in [2.05, 4.69) is 46.2 Å². The summed E-state index contributed by atoms with van der Waals surface area (Å²) in [6, 6.07) is 0. The molecular weight excluding hydrogens is 336 g/mol. The predicted octanol–water partition coefficient (Wildman–Crippen LogP) is 3.36. The normalized spacial score (nSPS) is 46.0. The standard InChI is InChI=1S/C18H36O4Si2/c1-17(23(2,3)4)16(21-17)12-18(24(5,6)7)15(22-18)11-14-13(19)9-8-10-20-14/h13-16,19H,8-12H2,1-7H3/t13-,14+,15-,16-,17+,18+/m1/s1. The largest absolute Gasteiger partial charge is 0.390 e. The molecule has 4 nitrogen and oxygen atoms in total. The average Bonchev–Trinajstić information content (AvgIpc) is 3.30. The number of hydrogen-bond donors (Lipinski definition) is 1. The van der Waals surface area contributed by atoms with Crippen LogP contribution in [0.5, 0.6) is 0 Å². The fourth-order valence-electron chi connectivity index (χ4n) is 4.30. The van der Waals surface area contributed by atoms with Gasteiger partial charge in [0.1, 0.15) is 0 Å². The van der Waals surface area contributed by atoms with E-state index in [4.69, 9.17) is 14.2 Å². The van der Waals surface area contributed by atoms with E-state index in [1.165, 1.54) is 0 Å². The molecular formula is C18H36O4Si2. The van der Waals surface area contributed by atoms with Crippen LogP contribution in [0.3, 0.4) is 0 Å². The summed E-state index contributed by atoms with van der Waals surface area (Å²) in [6.07, 6.45) is 3.88. The molecule has 3 aliphatic rings. The molecule has 0 aliphatic carbocycles. The Labute approximate surface area is 149 Å². The molecule has 3 fully saturated rings. The molecule has 0 aromatic heterocycles. The van der Waals surface area contributed by atoms with E-state index in [0.29, 0.717) is 6.10 Å². The van der Waals surface area contributed by atoms with E-state index < -0.39 is 16.1 Å². The quantitative estimate of drug-likeness (QED) is 0.574. The molecule has 6 heteroatoms. The number of hydrogen-bond acceptors (Lipinski definition) is 4. The van der Waals surface area contributed by atoms with E-state index in [0.717, 1.165) is 32.3 Å². The van der Waals surface area contributed by atoms with Gasteiger partial charge in [-0.2, -0.15) is 0 Å². The van der Waals surface area contributed by atoms with Crippen LogP contribution in [-0.2, 0) is 14.2 Å². The van der Waals surface area contributed by atoms with Crippen molar-refractivity contribution >= 4 is 16.1 Å². The first kappa shape index (κ1) is 19.0. The Morgan fingerprint density at radius 1 is 1.00 bits per heavy atom. The van der Waals surface area contributed by atoms with Crippen LogP contribution in [0.15, 0.2) is 0 Å². The molecule has 0 amide bonds. The van der Waals surface area contributed by atoms with Crippen LogP contribution >= 0.6 is 0 Å². The van der Waals surface area contributed by atoms with Gasteiger partial charge in [0.25, 0.3) is 0 Å². The molecule has 3 heterocycles. The van der Waals surface area contributed by atoms with Crippen molar-refractivity contribution in [1.82, 2.24) is 0 Å². The van der Waals surface area contributed by atoms with Crippen molar-refractivity contribution in [2.75, 3.05) is 6.61 Å². The summed E-state index contributed by atoms with van der Waals surface area (Å²) < 4.78 is 18.4. The molecule has 24 heavy (non-hydrogen) atoms. The first-order valence-electron chi connectivity index (χ1n) is 9.56. The minimum atomic E-state index is -1.51. The van der Waals surface area contributed by atoms with Gasteiger partial charge in [-0.05, 0) is 19.8 Å². The molecule has 0 bridgehead atoms. The molecule has 1 N–H and O–H groups in total. The minimum absolute atomic E-state index is 0.00436. The first-order valence-corrected chi connectivity index (χ1v) is 16.6. The fraction of sp³-hybridized carbons (Fsp3) is 1.00. The highest BCUT2D eigenvalue weighted by molar-refractivity contribution is 6.80. The molecule has 0 spiro atoms. The Hall–Kier alpha value is 0.274. The fourth-order valence-corrected chi connectivity index (χ4v) is 8.24. The highest BCUT2D eigenvalue weighted by Gasteiger charge is 2.70. The van der Waals surface area contributed by atoms with E-state index >= 15 is 0 Å². The van der Waals surface area contributed by atoms with E-state index in [-0.39, 0.29) is 28.8 Å². The second-order valence-electron chi connectivity index (χ2n) is 10.3. The van der Waals surface area contributed by atoms with E-state index in [9.17, 15) is 5.11 Å². The van der Waals surface area contributed by atoms with Gasteiger partial charge in [-0.15, -0.1) is 0 Å². The molecule has 3 rings (SSSR count). The third-order valence-corrected chi connectivity index (χ3v) is 13.5. The Balaban J connectivity index is 1.66. The van der Waals surface area contributed by atoms with Crippen LogP contribution in [0, 0.1) is 0 Å². The summed E-state index contributed by atoms with van der Waals surface area (Å²) in [5, 5.41) is 10.3. The van der Waals surface area contributed by atoms with Crippen LogP contribution in [-0.4, -0.2) is 62.7 Å². The summed E-state index contributed by atoms with van der Waals surface area (Å²) in [4.78, 5) is 0. The van der Waals surface area contributed by atoms with Crippen molar-refractivity contribution in [1.29, 1.82) is 0 Å². The number of aliphatic hydroxyl groups excluding tert-OH is 1. The van der Waals surface area contributed by atoms with Gasteiger partial charge < -0.3 is 19.3 Å². The van der Waals surface area contributed by atoms with Crippen molar-refractivity contribution in [3.8, 4) is 0 Å². The maximum Gasteiger partial charge on any atom is 0.0866 e. The Kier molecular flexibility index (Phi) is 4.67. The van der Waals surface area contributed by atoms with Crippen molar-refractivity contribution in [3.05, 3.63) is 0 Å². The molecule has 0 aromatic rings. The van der Waals surface area contributed by atoms with Crippen LogP contribution in [0.2, 0.25) is 39.3 Å². The Morgan fingerprint density at radius 3 is 2.17 bits per heavy atom. The summed E-state index contributed by atoms with van der Waals surface area (Å²) >= 11 is 0. The van der Waals surface area contributed by atoms with Gasteiger partial charge in [-0.25, -0.2) is 0 Å². The molecule has 0 aromatic carbocycles. The number of epoxide rings is 2. The SMILES string of the molecule is C[C@@]1([Si](C)(C)C)O[C@@H]1C[C@@]1([Si](C)(C)C)O[C@@H]1C[C@@H]1OCCC[C@H]1O. The average molecular weight is 373 g/mol. The molecule has 3 aliphatic heterocycles. The zero-order chi connectivity index (χ0) is 18.0. The lowest BCUT2D eigenvalue weighted by atomic mass is 9.99. The predicted molar refractivity (Wildman–Crippen MR) is 102 cm³/mol. The Bertz CT molecular complexity index is 486. The molecule has 0 radical (unpaired) electrons.